The topological polar surface area (TPSA) is 74.2 Å². The predicted octanol–water partition coefficient (Wildman–Crippen LogP) is 2.60. The van der Waals surface area contributed by atoms with Crippen LogP contribution in [0, 0.1) is 0 Å². The fraction of sp³-hybridized carbons (Fsp3) is 0.0667. The van der Waals surface area contributed by atoms with Crippen LogP contribution in [0.3, 0.4) is 0 Å². The number of benzene rings is 1. The molecule has 0 atom stereocenters. The van der Waals surface area contributed by atoms with Crippen molar-refractivity contribution in [2.45, 2.75) is 0 Å². The summed E-state index contributed by atoms with van der Waals surface area (Å²) in [6.07, 6.45) is 3.18. The molecule has 0 radical (unpaired) electrons. The Morgan fingerprint density at radius 1 is 1.00 bits per heavy atom. The van der Waals surface area contributed by atoms with Gasteiger partial charge in [0, 0.05) is 18.5 Å². The van der Waals surface area contributed by atoms with Crippen molar-refractivity contribution >= 4 is 17.1 Å². The van der Waals surface area contributed by atoms with Gasteiger partial charge in [-0.25, -0.2) is 9.78 Å². The SMILES string of the molecule is COC(=O)c1ccc(Oc2ccc3nccnc3n2)cc1. The minimum absolute atomic E-state index is 0.388. The van der Waals surface area contributed by atoms with Crippen molar-refractivity contribution in [2.75, 3.05) is 7.11 Å². The second kappa shape index (κ2) is 5.54. The first-order valence-electron chi connectivity index (χ1n) is 6.20. The molecule has 2 heterocycles. The van der Waals surface area contributed by atoms with E-state index in [1.807, 2.05) is 0 Å². The number of methoxy groups -OCH3 is 1. The summed E-state index contributed by atoms with van der Waals surface area (Å²) in [6.45, 7) is 0. The number of hydrogen-bond donors (Lipinski definition) is 0. The van der Waals surface area contributed by atoms with Crippen molar-refractivity contribution in [3.63, 3.8) is 0 Å². The molecule has 6 heteroatoms. The highest BCUT2D eigenvalue weighted by Crippen LogP contribution is 2.21. The van der Waals surface area contributed by atoms with Crippen LogP contribution in [0.1, 0.15) is 10.4 Å². The van der Waals surface area contributed by atoms with E-state index in [9.17, 15) is 4.79 Å². The van der Waals surface area contributed by atoms with Gasteiger partial charge in [0.25, 0.3) is 0 Å². The number of esters is 1. The van der Waals surface area contributed by atoms with E-state index in [1.54, 1.807) is 48.8 Å². The number of ether oxygens (including phenoxy) is 2. The van der Waals surface area contributed by atoms with E-state index in [0.717, 1.165) is 0 Å². The van der Waals surface area contributed by atoms with E-state index in [2.05, 4.69) is 19.7 Å². The van der Waals surface area contributed by atoms with Gasteiger partial charge in [-0.05, 0) is 30.3 Å². The van der Waals surface area contributed by atoms with E-state index < -0.39 is 0 Å². The van der Waals surface area contributed by atoms with E-state index in [4.69, 9.17) is 4.74 Å². The maximum atomic E-state index is 11.3. The first kappa shape index (κ1) is 13.0. The van der Waals surface area contributed by atoms with Crippen molar-refractivity contribution in [1.82, 2.24) is 15.0 Å². The molecule has 3 aromatic rings. The van der Waals surface area contributed by atoms with Gasteiger partial charge in [-0.3, -0.25) is 4.98 Å². The Kier molecular flexibility index (Phi) is 3.42. The monoisotopic (exact) mass is 281 g/mol. The average Bonchev–Trinajstić information content (AvgIpc) is 2.55. The number of rotatable bonds is 3. The molecule has 1 aromatic carbocycles. The Bertz CT molecular complexity index is 788. The number of carbonyl (C=O) groups is 1. The van der Waals surface area contributed by atoms with E-state index in [0.29, 0.717) is 28.4 Å². The summed E-state index contributed by atoms with van der Waals surface area (Å²) >= 11 is 0. The Hall–Kier alpha value is -3.02. The number of hydrogen-bond acceptors (Lipinski definition) is 6. The van der Waals surface area contributed by atoms with Gasteiger partial charge in [0.05, 0.1) is 12.7 Å². The second-order valence-electron chi connectivity index (χ2n) is 4.17. The molecular formula is C15H11N3O3. The van der Waals surface area contributed by atoms with Crippen molar-refractivity contribution in [3.8, 4) is 11.6 Å². The molecule has 0 amide bonds. The zero-order valence-corrected chi connectivity index (χ0v) is 11.2. The first-order chi connectivity index (χ1) is 10.3. The smallest absolute Gasteiger partial charge is 0.337 e. The zero-order valence-electron chi connectivity index (χ0n) is 11.2. The third-order valence-electron chi connectivity index (χ3n) is 2.80. The van der Waals surface area contributed by atoms with E-state index in [-0.39, 0.29) is 5.97 Å². The lowest BCUT2D eigenvalue weighted by Gasteiger charge is -2.06. The molecule has 0 aliphatic rings. The Balaban J connectivity index is 1.83. The molecule has 21 heavy (non-hydrogen) atoms. The van der Waals surface area contributed by atoms with Crippen molar-refractivity contribution in [1.29, 1.82) is 0 Å². The molecule has 0 saturated heterocycles. The molecule has 104 valence electrons. The molecule has 0 fully saturated rings. The van der Waals surface area contributed by atoms with Crippen LogP contribution >= 0.6 is 0 Å². The van der Waals surface area contributed by atoms with Gasteiger partial charge < -0.3 is 9.47 Å². The van der Waals surface area contributed by atoms with Crippen molar-refractivity contribution in [2.24, 2.45) is 0 Å². The van der Waals surface area contributed by atoms with Gasteiger partial charge in [0.1, 0.15) is 11.3 Å². The highest BCUT2D eigenvalue weighted by Gasteiger charge is 2.06. The van der Waals surface area contributed by atoms with Gasteiger partial charge in [0.2, 0.25) is 5.88 Å². The van der Waals surface area contributed by atoms with Crippen LogP contribution in [0.4, 0.5) is 0 Å². The number of pyridine rings is 1. The third-order valence-corrected chi connectivity index (χ3v) is 2.80. The Morgan fingerprint density at radius 2 is 1.76 bits per heavy atom. The fourth-order valence-electron chi connectivity index (χ4n) is 1.79. The number of nitrogens with zero attached hydrogens (tertiary/aromatic N) is 3. The average molecular weight is 281 g/mol. The number of aromatic nitrogens is 3. The lowest BCUT2D eigenvalue weighted by Crippen LogP contribution is -2.00. The van der Waals surface area contributed by atoms with Crippen molar-refractivity contribution in [3.05, 3.63) is 54.4 Å². The molecule has 0 bridgehead atoms. The zero-order chi connectivity index (χ0) is 14.7. The summed E-state index contributed by atoms with van der Waals surface area (Å²) in [5.41, 5.74) is 1.68. The first-order valence-corrected chi connectivity index (χ1v) is 6.20. The van der Waals surface area contributed by atoms with E-state index >= 15 is 0 Å². The van der Waals surface area contributed by atoms with Gasteiger partial charge in [-0.15, -0.1) is 0 Å². The van der Waals surface area contributed by atoms with Crippen LogP contribution in [-0.4, -0.2) is 28.0 Å². The third kappa shape index (κ3) is 2.79. The molecule has 0 spiro atoms. The molecule has 0 aliphatic heterocycles. The fourth-order valence-corrected chi connectivity index (χ4v) is 1.79. The summed E-state index contributed by atoms with van der Waals surface area (Å²) in [5.74, 6) is 0.591. The van der Waals surface area contributed by atoms with Crippen LogP contribution in [0.25, 0.3) is 11.2 Å². The van der Waals surface area contributed by atoms with Gasteiger partial charge in [-0.1, -0.05) is 0 Å². The minimum atomic E-state index is -0.388. The highest BCUT2D eigenvalue weighted by atomic mass is 16.5. The molecule has 2 aromatic heterocycles. The van der Waals surface area contributed by atoms with Gasteiger partial charge in [0.15, 0.2) is 5.65 Å². The quantitative estimate of drug-likeness (QED) is 0.687. The summed E-state index contributed by atoms with van der Waals surface area (Å²) < 4.78 is 10.3. The lowest BCUT2D eigenvalue weighted by molar-refractivity contribution is 0.0600. The molecular weight excluding hydrogens is 270 g/mol. The molecule has 0 aliphatic carbocycles. The second-order valence-corrected chi connectivity index (χ2v) is 4.17. The maximum Gasteiger partial charge on any atom is 0.337 e. The standard InChI is InChI=1S/C15H11N3O3/c1-20-15(19)10-2-4-11(5-3-10)21-13-7-6-12-14(18-13)17-9-8-16-12/h2-9H,1H3. The Morgan fingerprint density at radius 3 is 2.52 bits per heavy atom. The summed E-state index contributed by atoms with van der Waals surface area (Å²) in [6, 6.07) is 10.1. The van der Waals surface area contributed by atoms with E-state index in [1.165, 1.54) is 7.11 Å². The predicted molar refractivity (Wildman–Crippen MR) is 75.2 cm³/mol. The van der Waals surface area contributed by atoms with Gasteiger partial charge in [-0.2, -0.15) is 4.98 Å². The lowest BCUT2D eigenvalue weighted by atomic mass is 10.2. The molecule has 3 rings (SSSR count). The largest absolute Gasteiger partial charge is 0.465 e. The van der Waals surface area contributed by atoms with Crippen LogP contribution in [0.2, 0.25) is 0 Å². The summed E-state index contributed by atoms with van der Waals surface area (Å²) in [5, 5.41) is 0. The van der Waals surface area contributed by atoms with Gasteiger partial charge >= 0.3 is 5.97 Å². The number of carbonyl (C=O) groups excluding carboxylic acids is 1. The molecule has 0 unspecified atom stereocenters. The van der Waals surface area contributed by atoms with Crippen LogP contribution in [0.5, 0.6) is 11.6 Å². The maximum absolute atomic E-state index is 11.3. The van der Waals surface area contributed by atoms with Crippen molar-refractivity contribution < 1.29 is 14.3 Å². The number of fused-ring (bicyclic) bond motifs is 1. The molecule has 0 saturated carbocycles. The van der Waals surface area contributed by atoms with Crippen LogP contribution < -0.4 is 4.74 Å². The summed E-state index contributed by atoms with van der Waals surface area (Å²) in [7, 11) is 1.34. The molecule has 6 nitrogen and oxygen atoms in total. The summed E-state index contributed by atoms with van der Waals surface area (Å²) in [4.78, 5) is 23.9. The molecule has 0 N–H and O–H groups in total. The highest BCUT2D eigenvalue weighted by molar-refractivity contribution is 5.89. The van der Waals surface area contributed by atoms with Crippen LogP contribution in [0.15, 0.2) is 48.8 Å². The minimum Gasteiger partial charge on any atom is -0.465 e. The normalized spacial score (nSPS) is 10.3. The Labute approximate surface area is 120 Å². The van der Waals surface area contributed by atoms with Crippen LogP contribution in [-0.2, 0) is 4.74 Å².